The van der Waals surface area contributed by atoms with Gasteiger partial charge in [-0.25, -0.2) is 4.98 Å². The number of para-hydroxylation sites is 3. The van der Waals surface area contributed by atoms with Crippen molar-refractivity contribution in [1.82, 2.24) is 14.1 Å². The van der Waals surface area contributed by atoms with E-state index in [-0.39, 0.29) is 26.5 Å². The predicted octanol–water partition coefficient (Wildman–Crippen LogP) is 15.5. The molecule has 13 rings (SSSR count). The van der Waals surface area contributed by atoms with Crippen LogP contribution in [0.4, 0.5) is 0 Å². The van der Waals surface area contributed by atoms with Gasteiger partial charge in [0.1, 0.15) is 5.82 Å². The summed E-state index contributed by atoms with van der Waals surface area (Å²) in [6.45, 7) is 6.68. The van der Waals surface area contributed by atoms with Crippen molar-refractivity contribution in [2.24, 2.45) is 0 Å². The van der Waals surface area contributed by atoms with Gasteiger partial charge in [0.15, 0.2) is 0 Å². The molecular weight excluding hydrogens is 1040 g/mol. The standard InChI is InChI=1S/C64H44N4O.Pt/c1-64(2,3)44-36-37-65-60(38-44)68-57-32-13-12-26-52(57)53-35-34-47(40-59(53)68)69-46-23-14-22-45(39-46)66-41-67-62-49(43-20-8-5-9-21-43)28-16-31-56(62)61-48(42-18-6-4-7-19-42)27-15-29-54(61)50-24-10-11-25-51(50)55-30-17-33-58(66)63(55)67;/h4-38H,1-3H3;/q-2;. The predicted molar refractivity (Wildman–Crippen MR) is 279 cm³/mol. The Morgan fingerprint density at radius 1 is 0.500 bits per heavy atom. The second-order valence-electron chi connectivity index (χ2n) is 18.7. The number of fused-ring (bicyclic) bond motifs is 10. The Balaban J connectivity index is 0.00000505. The molecule has 0 spiro atoms. The van der Waals surface area contributed by atoms with Crippen molar-refractivity contribution in [1.29, 1.82) is 0 Å². The Morgan fingerprint density at radius 2 is 1.10 bits per heavy atom. The van der Waals surface area contributed by atoms with E-state index in [2.05, 4.69) is 241 Å². The van der Waals surface area contributed by atoms with Gasteiger partial charge in [0, 0.05) is 44.3 Å². The van der Waals surface area contributed by atoms with Crippen LogP contribution in [-0.2, 0) is 26.5 Å². The summed E-state index contributed by atoms with van der Waals surface area (Å²) in [6.07, 6.45) is 5.83. The summed E-state index contributed by atoms with van der Waals surface area (Å²) in [7, 11) is 0. The third-order valence-corrected chi connectivity index (χ3v) is 13.6. The zero-order valence-corrected chi connectivity index (χ0v) is 41.0. The minimum absolute atomic E-state index is 0. The number of hydrogen-bond donors (Lipinski definition) is 0. The molecule has 0 bridgehead atoms. The number of rotatable bonds is 6. The van der Waals surface area contributed by atoms with Gasteiger partial charge in [-0.3, -0.25) is 4.57 Å². The van der Waals surface area contributed by atoms with E-state index in [1.807, 2.05) is 24.4 Å². The number of aromatic nitrogens is 4. The number of hydrogen-bond acceptors (Lipinski definition) is 2. The first-order valence-electron chi connectivity index (χ1n) is 23.5. The fourth-order valence-electron chi connectivity index (χ4n) is 10.4. The molecule has 1 aliphatic heterocycles. The Kier molecular flexibility index (Phi) is 10.6. The summed E-state index contributed by atoms with van der Waals surface area (Å²) in [5.41, 5.74) is 18.4. The van der Waals surface area contributed by atoms with Gasteiger partial charge in [0.05, 0.1) is 16.7 Å². The fourth-order valence-corrected chi connectivity index (χ4v) is 10.4. The largest absolute Gasteiger partial charge is 0.510 e. The molecule has 0 saturated carbocycles. The van der Waals surface area contributed by atoms with Gasteiger partial charge in [-0.2, -0.15) is 18.2 Å². The molecule has 0 fully saturated rings. The third-order valence-electron chi connectivity index (χ3n) is 13.6. The molecular formula is C64H44N4OPt-2. The van der Waals surface area contributed by atoms with Crippen LogP contribution < -0.4 is 9.30 Å². The van der Waals surface area contributed by atoms with Crippen molar-refractivity contribution in [3.05, 3.63) is 236 Å². The van der Waals surface area contributed by atoms with Crippen LogP contribution in [0.3, 0.4) is 0 Å². The molecule has 9 aromatic carbocycles. The molecule has 70 heavy (non-hydrogen) atoms. The van der Waals surface area contributed by atoms with E-state index in [1.54, 1.807) is 0 Å². The Morgan fingerprint density at radius 3 is 1.89 bits per heavy atom. The SMILES string of the molecule is CC(C)(C)c1ccnc(-n2c3[c-]c(Oc4[c-]c(-n5[c-][n+]6c7c(cccc75)-c5ccccc5-c5cccc(-c7ccccc7)c5-c5cccc(-c7ccccc7)c5-6)ccc4)ccc3c3ccccc32)c1.[Pt]. The van der Waals surface area contributed by atoms with Gasteiger partial charge in [-0.15, -0.1) is 29.7 Å². The summed E-state index contributed by atoms with van der Waals surface area (Å²) in [5.74, 6) is 1.99. The monoisotopic (exact) mass is 1080 g/mol. The maximum atomic E-state index is 6.75. The molecule has 4 heterocycles. The Bertz CT molecular complexity index is 3980. The number of benzene rings is 9. The van der Waals surface area contributed by atoms with Crippen molar-refractivity contribution in [2.75, 3.05) is 0 Å². The van der Waals surface area contributed by atoms with Gasteiger partial charge in [-0.05, 0) is 95.9 Å². The van der Waals surface area contributed by atoms with Crippen LogP contribution in [0, 0.1) is 18.5 Å². The Hall–Kier alpha value is -8.11. The first-order valence-corrected chi connectivity index (χ1v) is 23.5. The van der Waals surface area contributed by atoms with Crippen molar-refractivity contribution >= 4 is 32.8 Å². The van der Waals surface area contributed by atoms with E-state index in [1.165, 1.54) is 27.8 Å². The summed E-state index contributed by atoms with van der Waals surface area (Å²) in [5, 5.41) is 2.21. The maximum absolute atomic E-state index is 6.75. The van der Waals surface area contributed by atoms with Crippen molar-refractivity contribution in [3.63, 3.8) is 0 Å². The molecule has 0 saturated heterocycles. The molecule has 12 aromatic rings. The average Bonchev–Trinajstić information content (AvgIpc) is 3.95. The molecule has 0 radical (unpaired) electrons. The van der Waals surface area contributed by atoms with E-state index in [0.717, 1.165) is 83.4 Å². The molecule has 3 aromatic heterocycles. The molecule has 5 nitrogen and oxygen atoms in total. The van der Waals surface area contributed by atoms with Crippen LogP contribution in [0.5, 0.6) is 11.5 Å². The minimum Gasteiger partial charge on any atom is -0.510 e. The maximum Gasteiger partial charge on any atom is 0.268 e. The quantitative estimate of drug-likeness (QED) is 0.123. The summed E-state index contributed by atoms with van der Waals surface area (Å²) >= 11 is 0. The summed E-state index contributed by atoms with van der Waals surface area (Å²) in [6, 6.07) is 80.5. The minimum atomic E-state index is -0.0382. The molecule has 0 unspecified atom stereocenters. The topological polar surface area (TPSA) is 35.9 Å². The van der Waals surface area contributed by atoms with Gasteiger partial charge < -0.3 is 13.9 Å². The van der Waals surface area contributed by atoms with Gasteiger partial charge >= 0.3 is 0 Å². The first kappa shape index (κ1) is 43.2. The average molecular weight is 1080 g/mol. The molecule has 338 valence electrons. The zero-order valence-electron chi connectivity index (χ0n) is 38.7. The molecule has 6 heteroatoms. The van der Waals surface area contributed by atoms with E-state index < -0.39 is 0 Å². The molecule has 0 amide bonds. The third kappa shape index (κ3) is 7.11. The second kappa shape index (κ2) is 17.1. The van der Waals surface area contributed by atoms with Crippen molar-refractivity contribution in [3.8, 4) is 84.3 Å². The zero-order chi connectivity index (χ0) is 46.2. The molecule has 0 aliphatic carbocycles. The number of pyridine rings is 1. The number of imidazole rings is 1. The first-order chi connectivity index (χ1) is 33.9. The van der Waals surface area contributed by atoms with Crippen LogP contribution in [0.25, 0.3) is 106 Å². The molecule has 0 N–H and O–H groups in total. The normalized spacial score (nSPS) is 11.8. The van der Waals surface area contributed by atoms with E-state index >= 15 is 0 Å². The van der Waals surface area contributed by atoms with Gasteiger partial charge in [-0.1, -0.05) is 184 Å². The van der Waals surface area contributed by atoms with Crippen molar-refractivity contribution in [2.45, 2.75) is 26.2 Å². The van der Waals surface area contributed by atoms with E-state index in [4.69, 9.17) is 9.72 Å². The van der Waals surface area contributed by atoms with Crippen LogP contribution in [0.2, 0.25) is 0 Å². The number of ether oxygens (including phenoxy) is 1. The fraction of sp³-hybridized carbons (Fsp3) is 0.0625. The Labute approximate surface area is 421 Å². The summed E-state index contributed by atoms with van der Waals surface area (Å²) in [4.78, 5) is 4.88. The van der Waals surface area contributed by atoms with E-state index in [0.29, 0.717) is 11.5 Å². The van der Waals surface area contributed by atoms with Crippen LogP contribution in [-0.4, -0.2) is 14.1 Å². The summed E-state index contributed by atoms with van der Waals surface area (Å²) < 4.78 is 13.4. The van der Waals surface area contributed by atoms with Crippen LogP contribution in [0.1, 0.15) is 26.3 Å². The second-order valence-corrected chi connectivity index (χ2v) is 18.7. The molecule has 0 atom stereocenters. The van der Waals surface area contributed by atoms with Crippen molar-refractivity contribution < 1.29 is 30.4 Å². The smallest absolute Gasteiger partial charge is 0.268 e. The van der Waals surface area contributed by atoms with Crippen LogP contribution >= 0.6 is 0 Å². The van der Waals surface area contributed by atoms with Gasteiger partial charge in [0.2, 0.25) is 0 Å². The van der Waals surface area contributed by atoms with Crippen LogP contribution in [0.15, 0.2) is 212 Å². The van der Waals surface area contributed by atoms with Gasteiger partial charge in [0.25, 0.3) is 6.33 Å². The number of nitrogens with zero attached hydrogens (tertiary/aromatic N) is 4. The molecule has 1 aliphatic rings. The van der Waals surface area contributed by atoms with E-state index in [9.17, 15) is 0 Å².